The van der Waals surface area contributed by atoms with E-state index in [4.69, 9.17) is 11.6 Å². The zero-order valence-corrected chi connectivity index (χ0v) is 19.4. The first-order chi connectivity index (χ1) is 16.0. The van der Waals surface area contributed by atoms with E-state index in [0.29, 0.717) is 29.8 Å². The van der Waals surface area contributed by atoms with Crippen LogP contribution in [0.1, 0.15) is 41.5 Å². The van der Waals surface area contributed by atoms with Crippen LogP contribution in [0, 0.1) is 0 Å². The lowest BCUT2D eigenvalue weighted by molar-refractivity contribution is 0.0627. The van der Waals surface area contributed by atoms with E-state index >= 15 is 0 Å². The molecular weight excluding hydrogens is 458 g/mol. The monoisotopic (exact) mass is 479 g/mol. The zero-order valence-electron chi connectivity index (χ0n) is 17.9. The molecule has 3 heterocycles. The minimum absolute atomic E-state index is 0.113. The van der Waals surface area contributed by atoms with Crippen molar-refractivity contribution in [2.24, 2.45) is 0 Å². The first-order valence-corrected chi connectivity index (χ1v) is 12.0. The van der Waals surface area contributed by atoms with Crippen molar-refractivity contribution in [1.82, 2.24) is 14.7 Å². The van der Waals surface area contributed by atoms with E-state index in [-0.39, 0.29) is 24.3 Å². The minimum atomic E-state index is -0.354. The molecule has 8 heteroatoms. The molecule has 6 nitrogen and oxygen atoms in total. The Morgan fingerprint density at radius 3 is 2.27 bits per heavy atom. The van der Waals surface area contributed by atoms with Crippen LogP contribution >= 0.6 is 22.9 Å². The fourth-order valence-corrected chi connectivity index (χ4v) is 5.41. The van der Waals surface area contributed by atoms with Gasteiger partial charge in [-0.05, 0) is 35.9 Å². The second-order valence-corrected chi connectivity index (χ2v) is 10.0. The van der Waals surface area contributed by atoms with Crippen molar-refractivity contribution in [2.45, 2.75) is 13.1 Å². The third-order valence-corrected chi connectivity index (χ3v) is 7.28. The molecule has 3 amide bonds. The Hall–Kier alpha value is -3.00. The van der Waals surface area contributed by atoms with Crippen molar-refractivity contribution in [3.63, 3.8) is 0 Å². The molecule has 1 aromatic heterocycles. The van der Waals surface area contributed by atoms with Crippen LogP contribution in [0.5, 0.6) is 0 Å². The molecule has 0 saturated carbocycles. The van der Waals surface area contributed by atoms with Gasteiger partial charge in [0.25, 0.3) is 17.7 Å². The number of nitrogens with zero attached hydrogens (tertiary/aromatic N) is 3. The molecule has 0 N–H and O–H groups in total. The van der Waals surface area contributed by atoms with E-state index in [0.717, 1.165) is 29.5 Å². The fourth-order valence-electron chi connectivity index (χ4n) is 4.28. The van der Waals surface area contributed by atoms with Crippen molar-refractivity contribution in [2.75, 3.05) is 26.2 Å². The summed E-state index contributed by atoms with van der Waals surface area (Å²) < 4.78 is 0.783. The summed E-state index contributed by atoms with van der Waals surface area (Å²) >= 11 is 7.60. The summed E-state index contributed by atoms with van der Waals surface area (Å²) in [6.07, 6.45) is 0. The predicted octanol–water partition coefficient (Wildman–Crippen LogP) is 4.16. The molecule has 0 unspecified atom stereocenters. The van der Waals surface area contributed by atoms with Crippen LogP contribution in [0.15, 0.2) is 60.7 Å². The lowest BCUT2D eigenvalue weighted by Gasteiger charge is -2.34. The van der Waals surface area contributed by atoms with Gasteiger partial charge < -0.3 is 4.90 Å². The minimum Gasteiger partial charge on any atom is -0.336 e. The highest BCUT2D eigenvalue weighted by molar-refractivity contribution is 7.16. The summed E-state index contributed by atoms with van der Waals surface area (Å²) in [4.78, 5) is 45.4. The Bertz CT molecular complexity index is 1220. The van der Waals surface area contributed by atoms with Crippen LogP contribution in [-0.2, 0) is 13.1 Å². The first-order valence-electron chi connectivity index (χ1n) is 10.8. The Kier molecular flexibility index (Phi) is 6.01. The average Bonchev–Trinajstić information content (AvgIpc) is 3.35. The number of thiophene rings is 1. The Balaban J connectivity index is 1.25. The molecule has 2 aromatic carbocycles. The Morgan fingerprint density at radius 1 is 0.848 bits per heavy atom. The number of piperazine rings is 1. The van der Waals surface area contributed by atoms with Crippen molar-refractivity contribution in [3.05, 3.63) is 92.1 Å². The lowest BCUT2D eigenvalue weighted by atomic mass is 10.0. The highest BCUT2D eigenvalue weighted by atomic mass is 35.5. The Morgan fingerprint density at radius 2 is 1.58 bits per heavy atom. The van der Waals surface area contributed by atoms with Crippen LogP contribution < -0.4 is 0 Å². The second kappa shape index (κ2) is 9.09. The topological polar surface area (TPSA) is 60.9 Å². The maximum atomic E-state index is 13.1. The first kappa shape index (κ1) is 21.8. The predicted molar refractivity (Wildman–Crippen MR) is 128 cm³/mol. The van der Waals surface area contributed by atoms with Crippen LogP contribution in [0.25, 0.3) is 0 Å². The summed E-state index contributed by atoms with van der Waals surface area (Å²) in [5, 5.41) is 0. The standard InChI is InChI=1S/C25H22ClN3O3S/c26-22-9-7-19(33-22)16-27-10-12-28(13-11-27)23(30)18-6-8-20-21(14-18)25(32)29(24(20)31)15-17-4-2-1-3-5-17/h1-9,14H,10-13,15-16H2. The number of carbonyl (C=O) groups is 3. The number of halogens is 1. The van der Waals surface area contributed by atoms with Crippen molar-refractivity contribution in [1.29, 1.82) is 0 Å². The summed E-state index contributed by atoms with van der Waals surface area (Å²) in [7, 11) is 0. The van der Waals surface area contributed by atoms with Crippen LogP contribution in [0.3, 0.4) is 0 Å². The molecule has 33 heavy (non-hydrogen) atoms. The molecular formula is C25H22ClN3O3S. The number of imide groups is 1. The van der Waals surface area contributed by atoms with E-state index in [2.05, 4.69) is 4.90 Å². The third kappa shape index (κ3) is 4.44. The highest BCUT2D eigenvalue weighted by Gasteiger charge is 2.36. The van der Waals surface area contributed by atoms with Crippen LogP contribution in [0.4, 0.5) is 0 Å². The van der Waals surface area contributed by atoms with Gasteiger partial charge in [0, 0.05) is 43.2 Å². The van der Waals surface area contributed by atoms with Crippen molar-refractivity contribution >= 4 is 40.7 Å². The van der Waals surface area contributed by atoms with Crippen molar-refractivity contribution in [3.8, 4) is 0 Å². The second-order valence-electron chi connectivity index (χ2n) is 8.22. The number of fused-ring (bicyclic) bond motifs is 1. The quantitative estimate of drug-likeness (QED) is 0.516. The van der Waals surface area contributed by atoms with Gasteiger partial charge in [-0.3, -0.25) is 24.2 Å². The smallest absolute Gasteiger partial charge is 0.261 e. The lowest BCUT2D eigenvalue weighted by Crippen LogP contribution is -2.48. The van der Waals surface area contributed by atoms with E-state index in [9.17, 15) is 14.4 Å². The van der Waals surface area contributed by atoms with Gasteiger partial charge in [0.1, 0.15) is 0 Å². The van der Waals surface area contributed by atoms with Gasteiger partial charge in [0.15, 0.2) is 0 Å². The number of rotatable bonds is 5. The molecule has 3 aromatic rings. The molecule has 0 bridgehead atoms. The normalized spacial score (nSPS) is 16.4. The molecule has 0 aliphatic carbocycles. The third-order valence-electron chi connectivity index (χ3n) is 6.07. The number of benzene rings is 2. The number of hydrogen-bond acceptors (Lipinski definition) is 5. The molecule has 168 valence electrons. The maximum Gasteiger partial charge on any atom is 0.261 e. The van der Waals surface area contributed by atoms with E-state index < -0.39 is 0 Å². The molecule has 0 spiro atoms. The summed E-state index contributed by atoms with van der Waals surface area (Å²) in [5.41, 5.74) is 1.97. The van der Waals surface area contributed by atoms with E-state index in [1.165, 1.54) is 9.78 Å². The summed E-state index contributed by atoms with van der Waals surface area (Å²) in [6.45, 7) is 3.81. The molecule has 1 saturated heterocycles. The van der Waals surface area contributed by atoms with Gasteiger partial charge in [-0.1, -0.05) is 41.9 Å². The van der Waals surface area contributed by atoms with Gasteiger partial charge in [0.2, 0.25) is 0 Å². The van der Waals surface area contributed by atoms with Gasteiger partial charge in [-0.2, -0.15) is 0 Å². The number of hydrogen-bond donors (Lipinski definition) is 0. The molecule has 2 aliphatic rings. The van der Waals surface area contributed by atoms with Crippen LogP contribution in [0.2, 0.25) is 4.34 Å². The van der Waals surface area contributed by atoms with Gasteiger partial charge in [-0.15, -0.1) is 11.3 Å². The zero-order chi connectivity index (χ0) is 22.9. The Labute approximate surface area is 201 Å². The maximum absolute atomic E-state index is 13.1. The number of amides is 3. The molecule has 5 rings (SSSR count). The summed E-state index contributed by atoms with van der Waals surface area (Å²) in [5.74, 6) is -0.786. The van der Waals surface area contributed by atoms with E-state index in [1.807, 2.05) is 47.4 Å². The van der Waals surface area contributed by atoms with Gasteiger partial charge >= 0.3 is 0 Å². The van der Waals surface area contributed by atoms with Crippen molar-refractivity contribution < 1.29 is 14.4 Å². The molecule has 0 radical (unpaired) electrons. The van der Waals surface area contributed by atoms with Gasteiger partial charge in [0.05, 0.1) is 22.0 Å². The molecule has 0 atom stereocenters. The molecule has 1 fully saturated rings. The molecule has 2 aliphatic heterocycles. The average molecular weight is 480 g/mol. The summed E-state index contributed by atoms with van der Waals surface area (Å²) in [6, 6.07) is 18.2. The number of carbonyl (C=O) groups excluding carboxylic acids is 3. The van der Waals surface area contributed by atoms with Gasteiger partial charge in [-0.25, -0.2) is 0 Å². The highest BCUT2D eigenvalue weighted by Crippen LogP contribution is 2.27. The van der Waals surface area contributed by atoms with E-state index in [1.54, 1.807) is 29.5 Å². The largest absolute Gasteiger partial charge is 0.336 e. The van der Waals surface area contributed by atoms with Crippen LogP contribution in [-0.4, -0.2) is 58.6 Å². The SMILES string of the molecule is O=C(c1ccc2c(c1)C(=O)N(Cc1ccccc1)C2=O)N1CCN(Cc2ccc(Cl)s2)CC1. The fraction of sp³-hybridized carbons (Fsp3) is 0.240.